The number of amides is 2. The molecule has 8 heteroatoms. The first-order valence-corrected chi connectivity index (χ1v) is 12.5. The smallest absolute Gasteiger partial charge is 0.258 e. The zero-order chi connectivity index (χ0) is 26.0. The van der Waals surface area contributed by atoms with E-state index >= 15 is 0 Å². The molecule has 1 heterocycles. The monoisotopic (exact) mass is 504 g/mol. The lowest BCUT2D eigenvalue weighted by Gasteiger charge is -2.37. The number of anilines is 2. The number of carbonyl (C=O) groups is 2. The Kier molecular flexibility index (Phi) is 9.24. The van der Waals surface area contributed by atoms with Gasteiger partial charge in [0, 0.05) is 64.4 Å². The first-order valence-electron chi connectivity index (χ1n) is 12.5. The molecule has 0 atom stereocenters. The van der Waals surface area contributed by atoms with Crippen LogP contribution in [-0.4, -0.2) is 63.2 Å². The van der Waals surface area contributed by atoms with E-state index in [2.05, 4.69) is 44.7 Å². The molecule has 2 N–H and O–H groups in total. The quantitative estimate of drug-likeness (QED) is 0.406. The maximum atomic E-state index is 14.1. The molecule has 7 nitrogen and oxygen atoms in total. The highest BCUT2D eigenvalue weighted by atomic mass is 19.1. The van der Waals surface area contributed by atoms with Gasteiger partial charge in [-0.05, 0) is 42.3 Å². The molecule has 3 aromatic carbocycles. The van der Waals surface area contributed by atoms with Gasteiger partial charge < -0.3 is 20.3 Å². The predicted octanol–water partition coefficient (Wildman–Crippen LogP) is 4.17. The van der Waals surface area contributed by atoms with Crippen LogP contribution >= 0.6 is 0 Å². The summed E-state index contributed by atoms with van der Waals surface area (Å²) in [4.78, 5) is 30.4. The summed E-state index contributed by atoms with van der Waals surface area (Å²) in [6, 6.07) is 21.5. The van der Waals surface area contributed by atoms with Crippen molar-refractivity contribution in [3.8, 4) is 0 Å². The molecule has 0 bridgehead atoms. The number of hydrogen-bond donors (Lipinski definition) is 2. The Hall–Kier alpha value is -3.75. The Bertz CT molecular complexity index is 1200. The highest BCUT2D eigenvalue weighted by Crippen LogP contribution is 2.27. The largest absolute Gasteiger partial charge is 0.385 e. The molecule has 1 saturated heterocycles. The Morgan fingerprint density at radius 1 is 0.892 bits per heavy atom. The van der Waals surface area contributed by atoms with Gasteiger partial charge in [0.25, 0.3) is 11.8 Å². The van der Waals surface area contributed by atoms with Crippen LogP contribution in [0, 0.1) is 5.82 Å². The molecular formula is C29H33FN4O3. The molecule has 0 aliphatic carbocycles. The van der Waals surface area contributed by atoms with Gasteiger partial charge in [0.2, 0.25) is 0 Å². The zero-order valence-corrected chi connectivity index (χ0v) is 21.1. The van der Waals surface area contributed by atoms with Gasteiger partial charge in [-0.25, -0.2) is 4.39 Å². The molecule has 0 radical (unpaired) electrons. The Morgan fingerprint density at radius 3 is 2.35 bits per heavy atom. The van der Waals surface area contributed by atoms with Crippen molar-refractivity contribution in [3.63, 3.8) is 0 Å². The number of ether oxygens (including phenoxy) is 1. The summed E-state index contributed by atoms with van der Waals surface area (Å²) >= 11 is 0. The van der Waals surface area contributed by atoms with Gasteiger partial charge in [-0.1, -0.05) is 42.5 Å². The number of methoxy groups -OCH3 is 1. The SMILES string of the molecule is COCCCNC(=O)c1cc(NC(=O)c2ccccc2F)ccc1N1CCN(Cc2ccccc2)CC1. The van der Waals surface area contributed by atoms with E-state index in [1.54, 1.807) is 25.3 Å². The van der Waals surface area contributed by atoms with E-state index in [0.717, 1.165) is 38.4 Å². The van der Waals surface area contributed by atoms with Crippen molar-refractivity contribution in [1.82, 2.24) is 10.2 Å². The van der Waals surface area contributed by atoms with E-state index < -0.39 is 11.7 Å². The molecule has 194 valence electrons. The number of carbonyl (C=O) groups excluding carboxylic acids is 2. The van der Waals surface area contributed by atoms with E-state index in [-0.39, 0.29) is 11.5 Å². The molecule has 1 aliphatic heterocycles. The first-order chi connectivity index (χ1) is 18.0. The van der Waals surface area contributed by atoms with Crippen molar-refractivity contribution in [3.05, 3.63) is 95.3 Å². The zero-order valence-electron chi connectivity index (χ0n) is 21.1. The van der Waals surface area contributed by atoms with Crippen LogP contribution in [0.25, 0.3) is 0 Å². The number of nitrogens with zero attached hydrogens (tertiary/aromatic N) is 2. The van der Waals surface area contributed by atoms with Gasteiger partial charge in [-0.2, -0.15) is 0 Å². The molecule has 3 aromatic rings. The minimum atomic E-state index is -0.596. The molecule has 0 unspecified atom stereocenters. The summed E-state index contributed by atoms with van der Waals surface area (Å²) in [5.41, 5.74) is 2.95. The predicted molar refractivity (Wildman–Crippen MR) is 144 cm³/mol. The number of halogens is 1. The topological polar surface area (TPSA) is 73.9 Å². The van der Waals surface area contributed by atoms with Crippen LogP contribution < -0.4 is 15.5 Å². The second-order valence-corrected chi connectivity index (χ2v) is 9.02. The number of rotatable bonds is 10. The molecule has 4 rings (SSSR count). The fourth-order valence-electron chi connectivity index (χ4n) is 4.42. The number of benzene rings is 3. The second kappa shape index (κ2) is 13.0. The van der Waals surface area contributed by atoms with Crippen molar-refractivity contribution >= 4 is 23.2 Å². The lowest BCUT2D eigenvalue weighted by molar-refractivity contribution is 0.0947. The average Bonchev–Trinajstić information content (AvgIpc) is 2.92. The number of hydrogen-bond acceptors (Lipinski definition) is 5. The van der Waals surface area contributed by atoms with Crippen molar-refractivity contribution < 1.29 is 18.7 Å². The minimum absolute atomic E-state index is 0.0494. The van der Waals surface area contributed by atoms with Crippen LogP contribution in [0.2, 0.25) is 0 Å². The van der Waals surface area contributed by atoms with E-state index in [0.29, 0.717) is 30.8 Å². The summed E-state index contributed by atoms with van der Waals surface area (Å²) in [6.45, 7) is 5.21. The maximum absolute atomic E-state index is 14.1. The lowest BCUT2D eigenvalue weighted by atomic mass is 10.1. The molecule has 0 aromatic heterocycles. The first kappa shape index (κ1) is 26.3. The summed E-state index contributed by atoms with van der Waals surface area (Å²) < 4.78 is 19.2. The van der Waals surface area contributed by atoms with Crippen LogP contribution in [0.1, 0.15) is 32.7 Å². The number of nitrogens with one attached hydrogen (secondary N) is 2. The average molecular weight is 505 g/mol. The Labute approximate surface area is 217 Å². The van der Waals surface area contributed by atoms with Gasteiger partial charge in [0.05, 0.1) is 11.1 Å². The van der Waals surface area contributed by atoms with Crippen LogP contribution in [0.4, 0.5) is 15.8 Å². The van der Waals surface area contributed by atoms with Crippen LogP contribution in [0.5, 0.6) is 0 Å². The maximum Gasteiger partial charge on any atom is 0.258 e. The van der Waals surface area contributed by atoms with Gasteiger partial charge in [0.15, 0.2) is 0 Å². The van der Waals surface area contributed by atoms with Crippen molar-refractivity contribution in [1.29, 1.82) is 0 Å². The summed E-state index contributed by atoms with van der Waals surface area (Å²) in [5.74, 6) is -1.38. The van der Waals surface area contributed by atoms with Gasteiger partial charge in [0.1, 0.15) is 5.82 Å². The van der Waals surface area contributed by atoms with E-state index in [1.807, 2.05) is 12.1 Å². The Morgan fingerprint density at radius 2 is 1.62 bits per heavy atom. The summed E-state index contributed by atoms with van der Waals surface area (Å²) in [5, 5.41) is 5.68. The third-order valence-electron chi connectivity index (χ3n) is 6.39. The van der Waals surface area contributed by atoms with Crippen molar-refractivity contribution in [2.75, 3.05) is 56.7 Å². The Balaban J connectivity index is 1.49. The van der Waals surface area contributed by atoms with Crippen LogP contribution in [-0.2, 0) is 11.3 Å². The van der Waals surface area contributed by atoms with Crippen LogP contribution in [0.3, 0.4) is 0 Å². The molecule has 0 spiro atoms. The molecule has 1 aliphatic rings. The fraction of sp³-hybridized carbons (Fsp3) is 0.310. The fourth-order valence-corrected chi connectivity index (χ4v) is 4.42. The second-order valence-electron chi connectivity index (χ2n) is 9.02. The summed E-state index contributed by atoms with van der Waals surface area (Å²) in [6.07, 6.45) is 0.694. The van der Waals surface area contributed by atoms with Gasteiger partial charge in [-0.15, -0.1) is 0 Å². The molecule has 2 amide bonds. The van der Waals surface area contributed by atoms with E-state index in [9.17, 15) is 14.0 Å². The highest BCUT2D eigenvalue weighted by Gasteiger charge is 2.23. The normalized spacial score (nSPS) is 13.8. The van der Waals surface area contributed by atoms with Gasteiger partial charge in [-0.3, -0.25) is 14.5 Å². The highest BCUT2D eigenvalue weighted by molar-refractivity contribution is 6.06. The minimum Gasteiger partial charge on any atom is -0.385 e. The van der Waals surface area contributed by atoms with E-state index in [4.69, 9.17) is 4.74 Å². The van der Waals surface area contributed by atoms with E-state index in [1.165, 1.54) is 23.8 Å². The molecular weight excluding hydrogens is 471 g/mol. The lowest BCUT2D eigenvalue weighted by Crippen LogP contribution is -2.46. The summed E-state index contributed by atoms with van der Waals surface area (Å²) in [7, 11) is 1.62. The third kappa shape index (κ3) is 7.15. The third-order valence-corrected chi connectivity index (χ3v) is 6.39. The van der Waals surface area contributed by atoms with Crippen molar-refractivity contribution in [2.45, 2.75) is 13.0 Å². The van der Waals surface area contributed by atoms with Gasteiger partial charge >= 0.3 is 0 Å². The standard InChI is InChI=1S/C29H33FN4O3/c1-37-19-7-14-31-28(35)25-20-23(32-29(36)24-10-5-6-11-26(24)30)12-13-27(25)34-17-15-33(16-18-34)21-22-8-3-2-4-9-22/h2-6,8-13,20H,7,14-19,21H2,1H3,(H,31,35)(H,32,36). The molecule has 0 saturated carbocycles. The molecule has 1 fully saturated rings. The number of piperazine rings is 1. The van der Waals surface area contributed by atoms with Crippen LogP contribution in [0.15, 0.2) is 72.8 Å². The molecule has 37 heavy (non-hydrogen) atoms. The van der Waals surface area contributed by atoms with Crippen molar-refractivity contribution in [2.24, 2.45) is 0 Å².